The van der Waals surface area contributed by atoms with Gasteiger partial charge in [-0.1, -0.05) is 66.7 Å². The zero-order chi connectivity index (χ0) is 30.5. The molecule has 1 saturated heterocycles. The van der Waals surface area contributed by atoms with Crippen LogP contribution >= 0.6 is 0 Å². The number of aromatic nitrogens is 3. The lowest BCUT2D eigenvalue weighted by atomic mass is 10.1. The summed E-state index contributed by atoms with van der Waals surface area (Å²) in [5.74, 6) is 1.77. The molecule has 0 unspecified atom stereocenters. The Labute approximate surface area is 257 Å². The van der Waals surface area contributed by atoms with Crippen molar-refractivity contribution in [1.82, 2.24) is 19.9 Å². The van der Waals surface area contributed by atoms with Gasteiger partial charge in [-0.15, -0.1) is 0 Å². The first-order valence-electron chi connectivity index (χ1n) is 14.9. The minimum atomic E-state index is -0.512. The van der Waals surface area contributed by atoms with Gasteiger partial charge in [-0.3, -0.25) is 0 Å². The number of amides is 1. The molecule has 6 rings (SSSR count). The maximum atomic E-state index is 12.5. The first-order valence-corrected chi connectivity index (χ1v) is 14.9. The van der Waals surface area contributed by atoms with Crippen LogP contribution in [0.2, 0.25) is 0 Å². The Bertz CT molecular complexity index is 1710. The molecule has 1 N–H and O–H groups in total. The van der Waals surface area contributed by atoms with Gasteiger partial charge in [0.1, 0.15) is 18.8 Å². The quantitative estimate of drug-likeness (QED) is 0.211. The number of hydrogen-bond donors (Lipinski definition) is 1. The average molecular weight is 592 g/mol. The van der Waals surface area contributed by atoms with Crippen molar-refractivity contribution < 1.29 is 19.0 Å². The molecule has 9 heteroatoms. The van der Waals surface area contributed by atoms with E-state index in [-0.39, 0.29) is 6.09 Å². The molecule has 9 nitrogen and oxygen atoms in total. The second-order valence-electron chi connectivity index (χ2n) is 11.8. The summed E-state index contributed by atoms with van der Waals surface area (Å²) < 4.78 is 17.8. The lowest BCUT2D eigenvalue weighted by molar-refractivity contribution is 0.0240. The monoisotopic (exact) mass is 591 g/mol. The van der Waals surface area contributed by atoms with Crippen LogP contribution in [0.1, 0.15) is 31.9 Å². The molecular weight excluding hydrogens is 554 g/mol. The van der Waals surface area contributed by atoms with Crippen molar-refractivity contribution in [1.29, 1.82) is 0 Å². The molecule has 1 aliphatic rings. The summed E-state index contributed by atoms with van der Waals surface area (Å²) in [7, 11) is 0. The number of imidazole rings is 1. The predicted molar refractivity (Wildman–Crippen MR) is 171 cm³/mol. The van der Waals surface area contributed by atoms with E-state index in [1.54, 1.807) is 4.90 Å². The number of aromatic amines is 1. The number of H-pyrrole nitrogens is 1. The van der Waals surface area contributed by atoms with Crippen LogP contribution in [-0.4, -0.2) is 57.7 Å². The van der Waals surface area contributed by atoms with Crippen LogP contribution < -0.4 is 14.4 Å². The van der Waals surface area contributed by atoms with Gasteiger partial charge in [0, 0.05) is 37.8 Å². The van der Waals surface area contributed by atoms with E-state index in [0.717, 1.165) is 39.2 Å². The van der Waals surface area contributed by atoms with Crippen molar-refractivity contribution in [2.45, 2.75) is 39.6 Å². The largest absolute Gasteiger partial charge is 0.473 e. The second kappa shape index (κ2) is 12.7. The summed E-state index contributed by atoms with van der Waals surface area (Å²) in [6, 6.07) is 30.0. The third kappa shape index (κ3) is 7.11. The Morgan fingerprint density at radius 2 is 1.45 bits per heavy atom. The van der Waals surface area contributed by atoms with Crippen molar-refractivity contribution in [3.63, 3.8) is 0 Å². The number of pyridine rings is 1. The van der Waals surface area contributed by atoms with E-state index in [2.05, 4.69) is 9.88 Å². The van der Waals surface area contributed by atoms with E-state index < -0.39 is 5.60 Å². The van der Waals surface area contributed by atoms with Gasteiger partial charge in [0.2, 0.25) is 17.7 Å². The zero-order valence-electron chi connectivity index (χ0n) is 25.3. The van der Waals surface area contributed by atoms with Crippen molar-refractivity contribution >= 4 is 23.1 Å². The molecule has 44 heavy (non-hydrogen) atoms. The average Bonchev–Trinajstić information content (AvgIpc) is 3.47. The zero-order valence-corrected chi connectivity index (χ0v) is 25.3. The summed E-state index contributed by atoms with van der Waals surface area (Å²) in [6.45, 7) is 8.92. The van der Waals surface area contributed by atoms with Crippen LogP contribution in [0, 0.1) is 0 Å². The van der Waals surface area contributed by atoms with E-state index in [0.29, 0.717) is 51.2 Å². The normalized spacial score (nSPS) is 13.6. The van der Waals surface area contributed by atoms with Crippen molar-refractivity contribution in [3.8, 4) is 22.9 Å². The molecule has 0 aliphatic carbocycles. The highest BCUT2D eigenvalue weighted by atomic mass is 16.6. The number of carbonyl (C=O) groups excluding carboxylic acids is 1. The molecule has 1 amide bonds. The van der Waals surface area contributed by atoms with Gasteiger partial charge < -0.3 is 29.0 Å². The maximum Gasteiger partial charge on any atom is 0.410 e. The van der Waals surface area contributed by atoms with Crippen molar-refractivity contribution in [2.75, 3.05) is 31.1 Å². The highest BCUT2D eigenvalue weighted by Gasteiger charge is 2.27. The molecule has 0 bridgehead atoms. The third-order valence-electron chi connectivity index (χ3n) is 7.30. The van der Waals surface area contributed by atoms with Gasteiger partial charge in [0.05, 0.1) is 11.0 Å². The van der Waals surface area contributed by atoms with Crippen molar-refractivity contribution in [3.05, 3.63) is 102 Å². The topological polar surface area (TPSA) is 92.8 Å². The lowest BCUT2D eigenvalue weighted by Crippen LogP contribution is -2.50. The van der Waals surface area contributed by atoms with E-state index in [9.17, 15) is 4.79 Å². The minimum Gasteiger partial charge on any atom is -0.473 e. The summed E-state index contributed by atoms with van der Waals surface area (Å²) in [5.41, 5.74) is 5.17. The van der Waals surface area contributed by atoms with Gasteiger partial charge in [0.15, 0.2) is 0 Å². The Morgan fingerprint density at radius 3 is 2.11 bits per heavy atom. The van der Waals surface area contributed by atoms with Crippen molar-refractivity contribution in [2.24, 2.45) is 0 Å². The van der Waals surface area contributed by atoms with E-state index >= 15 is 0 Å². The number of nitrogens with zero attached hydrogens (tertiary/aromatic N) is 4. The lowest BCUT2D eigenvalue weighted by Gasteiger charge is -2.35. The first-order chi connectivity index (χ1) is 21.3. The minimum absolute atomic E-state index is 0.276. The van der Waals surface area contributed by atoms with Crippen LogP contribution in [0.3, 0.4) is 0 Å². The van der Waals surface area contributed by atoms with Gasteiger partial charge in [-0.25, -0.2) is 9.78 Å². The summed E-state index contributed by atoms with van der Waals surface area (Å²) in [5, 5.41) is 0. The predicted octanol–water partition coefficient (Wildman–Crippen LogP) is 6.84. The van der Waals surface area contributed by atoms with Crippen LogP contribution in [0.15, 0.2) is 91.0 Å². The SMILES string of the molecule is CC(C)(C)OC(=O)N1CCN(c2nc3cc(-c4ccc(OCc5ccccc5)nc4OCc4ccccc4)ccc3[nH]2)CC1. The number of benzene rings is 3. The van der Waals surface area contributed by atoms with Crippen LogP contribution in [0.5, 0.6) is 11.8 Å². The fraction of sp³-hybridized carbons (Fsp3) is 0.286. The van der Waals surface area contributed by atoms with E-state index in [1.807, 2.05) is 112 Å². The Kier molecular flexibility index (Phi) is 8.36. The molecule has 3 heterocycles. The molecule has 2 aromatic heterocycles. The van der Waals surface area contributed by atoms with E-state index in [1.165, 1.54) is 0 Å². The molecule has 3 aromatic carbocycles. The number of hydrogen-bond acceptors (Lipinski definition) is 7. The molecule has 0 atom stereocenters. The number of fused-ring (bicyclic) bond motifs is 1. The summed E-state index contributed by atoms with van der Waals surface area (Å²) in [6.07, 6.45) is -0.276. The maximum absolute atomic E-state index is 12.5. The molecule has 0 radical (unpaired) electrons. The first kappa shape index (κ1) is 29.0. The Balaban J connectivity index is 1.20. The van der Waals surface area contributed by atoms with E-state index in [4.69, 9.17) is 24.2 Å². The number of carbonyl (C=O) groups is 1. The fourth-order valence-electron chi connectivity index (χ4n) is 5.03. The molecule has 0 spiro atoms. The molecule has 5 aromatic rings. The van der Waals surface area contributed by atoms with Crippen LogP contribution in [0.4, 0.5) is 10.7 Å². The van der Waals surface area contributed by atoms with Gasteiger partial charge in [-0.2, -0.15) is 4.98 Å². The number of rotatable bonds is 8. The van der Waals surface area contributed by atoms with Crippen LogP contribution in [-0.2, 0) is 18.0 Å². The number of piperazine rings is 1. The number of anilines is 1. The molecule has 0 saturated carbocycles. The fourth-order valence-corrected chi connectivity index (χ4v) is 5.03. The third-order valence-corrected chi connectivity index (χ3v) is 7.30. The molecule has 1 fully saturated rings. The highest BCUT2D eigenvalue weighted by Crippen LogP contribution is 2.33. The van der Waals surface area contributed by atoms with Crippen LogP contribution in [0.25, 0.3) is 22.2 Å². The molecule has 1 aliphatic heterocycles. The van der Waals surface area contributed by atoms with Gasteiger partial charge in [0.25, 0.3) is 0 Å². The van der Waals surface area contributed by atoms with Gasteiger partial charge >= 0.3 is 6.09 Å². The summed E-state index contributed by atoms with van der Waals surface area (Å²) in [4.78, 5) is 29.5. The summed E-state index contributed by atoms with van der Waals surface area (Å²) >= 11 is 0. The number of ether oxygens (including phenoxy) is 3. The molecular formula is C35H37N5O4. The van der Waals surface area contributed by atoms with Gasteiger partial charge in [-0.05, 0) is 55.7 Å². The smallest absolute Gasteiger partial charge is 0.410 e. The standard InChI is InChI=1S/C35H37N5O4/c1-35(2,3)44-34(41)40-20-18-39(19-21-40)33-36-29-16-14-27(22-30(29)37-33)28-15-17-31(42-23-25-10-6-4-7-11-25)38-32(28)43-24-26-12-8-5-9-13-26/h4-17,22H,18-21,23-24H2,1-3H3,(H,36,37). The number of nitrogens with one attached hydrogen (secondary N) is 1. The second-order valence-corrected chi connectivity index (χ2v) is 11.8. The Hall–Kier alpha value is -5.05. The highest BCUT2D eigenvalue weighted by molar-refractivity contribution is 5.84. The molecule has 226 valence electrons. The Morgan fingerprint density at radius 1 is 0.795 bits per heavy atom.